The Hall–Kier alpha value is -2.54. The zero-order chi connectivity index (χ0) is 14.8. The van der Waals surface area contributed by atoms with Crippen LogP contribution in [0.25, 0.3) is 10.9 Å². The quantitative estimate of drug-likeness (QED) is 0.749. The first-order valence-corrected chi connectivity index (χ1v) is 6.74. The number of carboxylic acid groups (broad SMARTS) is 1. The van der Waals surface area contributed by atoms with Crippen molar-refractivity contribution >= 4 is 28.6 Å². The molecule has 2 aromatic heterocycles. The Balaban J connectivity index is 2.07. The van der Waals surface area contributed by atoms with Gasteiger partial charge >= 0.3 is 5.97 Å². The Labute approximate surface area is 122 Å². The van der Waals surface area contributed by atoms with Gasteiger partial charge < -0.3 is 5.11 Å². The molecule has 5 nitrogen and oxygen atoms in total. The minimum absolute atomic E-state index is 0.0289. The molecule has 3 aromatic rings. The van der Waals surface area contributed by atoms with Crippen molar-refractivity contribution in [2.45, 2.75) is 10.1 Å². The molecule has 0 unspecified atom stereocenters. The van der Waals surface area contributed by atoms with Crippen LogP contribution in [0.1, 0.15) is 10.4 Å². The minimum Gasteiger partial charge on any atom is -0.478 e. The Morgan fingerprint density at radius 3 is 2.71 bits per heavy atom. The van der Waals surface area contributed by atoms with Crippen molar-refractivity contribution in [3.63, 3.8) is 0 Å². The fourth-order valence-corrected chi connectivity index (χ4v) is 2.69. The normalized spacial score (nSPS) is 10.7. The van der Waals surface area contributed by atoms with Gasteiger partial charge in [-0.25, -0.2) is 24.1 Å². The van der Waals surface area contributed by atoms with E-state index >= 15 is 0 Å². The number of hydrogen-bond donors (Lipinski definition) is 1. The van der Waals surface area contributed by atoms with Crippen molar-refractivity contribution in [2.75, 3.05) is 0 Å². The average molecular weight is 301 g/mol. The lowest BCUT2D eigenvalue weighted by Crippen LogP contribution is -2.03. The van der Waals surface area contributed by atoms with Gasteiger partial charge in [0, 0.05) is 11.6 Å². The second kappa shape index (κ2) is 5.45. The van der Waals surface area contributed by atoms with Crippen molar-refractivity contribution in [1.29, 1.82) is 0 Å². The average Bonchev–Trinajstić information content (AvgIpc) is 2.49. The number of aromatic nitrogens is 3. The second-order valence-electron chi connectivity index (χ2n) is 4.08. The van der Waals surface area contributed by atoms with Crippen molar-refractivity contribution in [3.8, 4) is 0 Å². The standard InChI is InChI=1S/C14H8FN3O2S/c15-11-9(14(19)20)5-6-16-13(11)21-12-8-3-1-2-4-10(8)17-7-18-12/h1-7H,(H,19,20). The van der Waals surface area contributed by atoms with E-state index in [2.05, 4.69) is 15.0 Å². The van der Waals surface area contributed by atoms with Crippen molar-refractivity contribution in [1.82, 2.24) is 15.0 Å². The Bertz CT molecular complexity index is 836. The third-order valence-corrected chi connectivity index (χ3v) is 3.78. The summed E-state index contributed by atoms with van der Waals surface area (Å²) in [6.07, 6.45) is 2.64. The van der Waals surface area contributed by atoms with E-state index in [1.807, 2.05) is 24.3 Å². The van der Waals surface area contributed by atoms with E-state index in [9.17, 15) is 9.18 Å². The minimum atomic E-state index is -1.33. The molecule has 1 N–H and O–H groups in total. The van der Waals surface area contributed by atoms with Crippen molar-refractivity contribution in [3.05, 3.63) is 54.2 Å². The lowest BCUT2D eigenvalue weighted by molar-refractivity contribution is 0.0691. The van der Waals surface area contributed by atoms with E-state index in [-0.39, 0.29) is 5.03 Å². The zero-order valence-electron chi connectivity index (χ0n) is 10.5. The molecule has 3 rings (SSSR count). The Kier molecular flexibility index (Phi) is 3.49. The van der Waals surface area contributed by atoms with Gasteiger partial charge in [0.2, 0.25) is 0 Å². The summed E-state index contributed by atoms with van der Waals surface area (Å²) in [5, 5.41) is 10.2. The summed E-state index contributed by atoms with van der Waals surface area (Å²) < 4.78 is 14.1. The van der Waals surface area contributed by atoms with Crippen LogP contribution in [0.3, 0.4) is 0 Å². The summed E-state index contributed by atoms with van der Waals surface area (Å²) in [7, 11) is 0. The summed E-state index contributed by atoms with van der Waals surface area (Å²) in [4.78, 5) is 23.1. The molecule has 0 aliphatic heterocycles. The van der Waals surface area contributed by atoms with Crippen LogP contribution >= 0.6 is 11.8 Å². The van der Waals surface area contributed by atoms with Crippen LogP contribution in [0, 0.1) is 5.82 Å². The van der Waals surface area contributed by atoms with Crippen LogP contribution < -0.4 is 0 Å². The molecule has 0 radical (unpaired) electrons. The summed E-state index contributed by atoms with van der Waals surface area (Å²) in [6.45, 7) is 0. The van der Waals surface area contributed by atoms with Crippen LogP contribution in [-0.2, 0) is 0 Å². The SMILES string of the molecule is O=C(O)c1ccnc(Sc2ncnc3ccccc23)c1F. The van der Waals surface area contributed by atoms with Gasteiger partial charge in [-0.15, -0.1) is 0 Å². The van der Waals surface area contributed by atoms with Crippen LogP contribution in [0.2, 0.25) is 0 Å². The van der Waals surface area contributed by atoms with E-state index in [0.29, 0.717) is 5.03 Å². The van der Waals surface area contributed by atoms with Crippen LogP contribution in [0.4, 0.5) is 4.39 Å². The van der Waals surface area contributed by atoms with E-state index in [1.165, 1.54) is 12.5 Å². The van der Waals surface area contributed by atoms with E-state index in [4.69, 9.17) is 5.11 Å². The number of aromatic carboxylic acids is 1. The third kappa shape index (κ3) is 2.55. The van der Waals surface area contributed by atoms with Crippen LogP contribution in [0.15, 0.2) is 52.9 Å². The molecule has 0 spiro atoms. The number of hydrogen-bond acceptors (Lipinski definition) is 5. The number of benzene rings is 1. The highest BCUT2D eigenvalue weighted by atomic mass is 32.2. The summed E-state index contributed by atoms with van der Waals surface area (Å²) >= 11 is 0.975. The first-order chi connectivity index (χ1) is 10.2. The number of para-hydroxylation sites is 1. The zero-order valence-corrected chi connectivity index (χ0v) is 11.3. The molecular formula is C14H8FN3O2S. The van der Waals surface area contributed by atoms with Crippen LogP contribution in [0.5, 0.6) is 0 Å². The highest BCUT2D eigenvalue weighted by Gasteiger charge is 2.17. The molecule has 104 valence electrons. The largest absolute Gasteiger partial charge is 0.478 e. The number of nitrogens with zero attached hydrogens (tertiary/aromatic N) is 3. The van der Waals surface area contributed by atoms with Gasteiger partial charge in [-0.2, -0.15) is 0 Å². The summed E-state index contributed by atoms with van der Waals surface area (Å²) in [5.74, 6) is -2.19. The predicted molar refractivity (Wildman–Crippen MR) is 74.8 cm³/mol. The monoisotopic (exact) mass is 301 g/mol. The van der Waals surface area contributed by atoms with Gasteiger partial charge in [-0.3, -0.25) is 0 Å². The lowest BCUT2D eigenvalue weighted by Gasteiger charge is -2.06. The maximum absolute atomic E-state index is 14.1. The van der Waals surface area contributed by atoms with Crippen molar-refractivity contribution in [2.24, 2.45) is 0 Å². The highest BCUT2D eigenvalue weighted by Crippen LogP contribution is 2.31. The maximum atomic E-state index is 14.1. The molecule has 0 aliphatic rings. The fourth-order valence-electron chi connectivity index (χ4n) is 1.81. The third-order valence-electron chi connectivity index (χ3n) is 2.79. The lowest BCUT2D eigenvalue weighted by atomic mass is 10.2. The number of fused-ring (bicyclic) bond motifs is 1. The smallest absolute Gasteiger partial charge is 0.338 e. The molecular weight excluding hydrogens is 293 g/mol. The number of rotatable bonds is 3. The number of carboxylic acids is 1. The fraction of sp³-hybridized carbons (Fsp3) is 0. The Morgan fingerprint density at radius 2 is 1.90 bits per heavy atom. The first-order valence-electron chi connectivity index (χ1n) is 5.92. The van der Waals surface area contributed by atoms with E-state index in [1.54, 1.807) is 0 Å². The van der Waals surface area contributed by atoms with Crippen LogP contribution in [-0.4, -0.2) is 26.0 Å². The van der Waals surface area contributed by atoms with Gasteiger partial charge in [0.1, 0.15) is 16.4 Å². The van der Waals surface area contributed by atoms with E-state index < -0.39 is 17.3 Å². The second-order valence-corrected chi connectivity index (χ2v) is 5.06. The molecule has 0 bridgehead atoms. The van der Waals surface area contributed by atoms with Gasteiger partial charge in [-0.05, 0) is 23.9 Å². The van der Waals surface area contributed by atoms with Crippen molar-refractivity contribution < 1.29 is 14.3 Å². The molecule has 0 fully saturated rings. The molecule has 0 saturated heterocycles. The van der Waals surface area contributed by atoms with Gasteiger partial charge in [0.25, 0.3) is 0 Å². The predicted octanol–water partition coefficient (Wildman–Crippen LogP) is 3.01. The topological polar surface area (TPSA) is 76.0 Å². The van der Waals surface area contributed by atoms with E-state index in [0.717, 1.165) is 28.7 Å². The molecule has 1 aromatic carbocycles. The van der Waals surface area contributed by atoms with Gasteiger partial charge in [0.05, 0.1) is 11.1 Å². The molecule has 0 amide bonds. The van der Waals surface area contributed by atoms with Gasteiger partial charge in [0.15, 0.2) is 5.82 Å². The number of carbonyl (C=O) groups is 1. The highest BCUT2D eigenvalue weighted by molar-refractivity contribution is 7.99. The summed E-state index contributed by atoms with van der Waals surface area (Å²) in [6, 6.07) is 8.43. The Morgan fingerprint density at radius 1 is 1.10 bits per heavy atom. The molecule has 0 atom stereocenters. The summed E-state index contributed by atoms with van der Waals surface area (Å²) in [5.41, 5.74) is 0.315. The molecule has 21 heavy (non-hydrogen) atoms. The molecule has 7 heteroatoms. The molecule has 2 heterocycles. The number of pyridine rings is 1. The molecule has 0 aliphatic carbocycles. The first kappa shape index (κ1) is 13.4. The maximum Gasteiger partial charge on any atom is 0.338 e. The van der Waals surface area contributed by atoms with Gasteiger partial charge in [-0.1, -0.05) is 18.2 Å². The number of halogens is 1. The molecule has 0 saturated carbocycles.